The molecule has 0 aliphatic carbocycles. The van der Waals surface area contributed by atoms with Gasteiger partial charge in [0.2, 0.25) is 0 Å². The second-order valence-electron chi connectivity index (χ2n) is 6.68. The number of hydrogen-bond acceptors (Lipinski definition) is 3. The van der Waals surface area contributed by atoms with Crippen molar-refractivity contribution in [3.05, 3.63) is 52.3 Å². The van der Waals surface area contributed by atoms with E-state index >= 15 is 0 Å². The molecule has 0 spiro atoms. The van der Waals surface area contributed by atoms with Crippen LogP contribution in [0.25, 0.3) is 10.2 Å². The Hall–Kier alpha value is -2.14. The highest BCUT2D eigenvalue weighted by atomic mass is 32.1. The second kappa shape index (κ2) is 7.40. The zero-order chi connectivity index (χ0) is 18.0. The first kappa shape index (κ1) is 17.7. The Morgan fingerprint density at radius 3 is 2.72 bits per heavy atom. The molecule has 2 aromatic heterocycles. The molecule has 0 aliphatic rings. The molecule has 1 N–H and O–H groups in total. The van der Waals surface area contributed by atoms with E-state index in [4.69, 9.17) is 0 Å². The Bertz CT molecular complexity index is 859. The van der Waals surface area contributed by atoms with Crippen molar-refractivity contribution in [1.82, 2.24) is 14.9 Å². The molecule has 0 saturated heterocycles. The lowest BCUT2D eigenvalue weighted by atomic mass is 10.2. The minimum absolute atomic E-state index is 0.0179. The van der Waals surface area contributed by atoms with Gasteiger partial charge in [0.05, 0.1) is 20.8 Å². The van der Waals surface area contributed by atoms with Gasteiger partial charge in [-0.25, -0.2) is 4.98 Å². The van der Waals surface area contributed by atoms with E-state index in [9.17, 15) is 4.79 Å². The van der Waals surface area contributed by atoms with E-state index < -0.39 is 0 Å². The van der Waals surface area contributed by atoms with Gasteiger partial charge in [0.25, 0.3) is 5.91 Å². The van der Waals surface area contributed by atoms with Crippen LogP contribution in [-0.2, 0) is 6.42 Å². The number of aryl methyl sites for hydroxylation is 2. The number of benzene rings is 1. The molecule has 0 saturated carbocycles. The van der Waals surface area contributed by atoms with E-state index in [1.807, 2.05) is 31.2 Å². The smallest absolute Gasteiger partial charge is 0.253 e. The number of rotatable bonds is 6. The molecular weight excluding hydrogens is 330 g/mol. The summed E-state index contributed by atoms with van der Waals surface area (Å²) in [6.07, 6.45) is 1.79. The monoisotopic (exact) mass is 355 g/mol. The van der Waals surface area contributed by atoms with Crippen LogP contribution in [0.4, 0.5) is 0 Å². The SMILES string of the molecule is Cc1cc(C(=O)NCCCc2nc3ccccc3s2)c(C)n1C(C)C. The van der Waals surface area contributed by atoms with Gasteiger partial charge >= 0.3 is 0 Å². The summed E-state index contributed by atoms with van der Waals surface area (Å²) in [6, 6.07) is 10.5. The Kier molecular flexibility index (Phi) is 5.23. The first-order valence-electron chi connectivity index (χ1n) is 8.78. The maximum Gasteiger partial charge on any atom is 0.253 e. The predicted octanol–water partition coefficient (Wildman–Crippen LogP) is 4.66. The summed E-state index contributed by atoms with van der Waals surface area (Å²) in [5.74, 6) is 0.0179. The third-order valence-electron chi connectivity index (χ3n) is 4.44. The molecule has 25 heavy (non-hydrogen) atoms. The van der Waals surface area contributed by atoms with Gasteiger partial charge in [-0.3, -0.25) is 4.79 Å². The van der Waals surface area contributed by atoms with E-state index in [1.165, 1.54) is 4.70 Å². The van der Waals surface area contributed by atoms with Crippen molar-refractivity contribution in [3.8, 4) is 0 Å². The molecule has 3 rings (SSSR count). The zero-order valence-electron chi connectivity index (χ0n) is 15.3. The van der Waals surface area contributed by atoms with Crippen LogP contribution in [-0.4, -0.2) is 22.0 Å². The summed E-state index contributed by atoms with van der Waals surface area (Å²) in [6.45, 7) is 9.01. The molecule has 132 valence electrons. The lowest BCUT2D eigenvalue weighted by molar-refractivity contribution is 0.0952. The highest BCUT2D eigenvalue weighted by Gasteiger charge is 2.16. The fourth-order valence-corrected chi connectivity index (χ4v) is 4.37. The number of fused-ring (bicyclic) bond motifs is 1. The number of nitrogens with one attached hydrogen (secondary N) is 1. The van der Waals surface area contributed by atoms with E-state index in [2.05, 4.69) is 41.7 Å². The van der Waals surface area contributed by atoms with Gasteiger partial charge < -0.3 is 9.88 Å². The molecular formula is C20H25N3OS. The van der Waals surface area contributed by atoms with Crippen LogP contribution in [0.1, 0.15) is 53.1 Å². The number of aromatic nitrogens is 2. The number of carbonyl (C=O) groups excluding carboxylic acids is 1. The number of thiazole rings is 1. The molecule has 3 aromatic rings. The number of para-hydroxylation sites is 1. The maximum atomic E-state index is 12.5. The molecule has 1 aromatic carbocycles. The summed E-state index contributed by atoms with van der Waals surface area (Å²) < 4.78 is 3.43. The Balaban J connectivity index is 1.55. The van der Waals surface area contributed by atoms with E-state index in [1.54, 1.807) is 11.3 Å². The molecule has 5 heteroatoms. The zero-order valence-corrected chi connectivity index (χ0v) is 16.1. The molecule has 0 radical (unpaired) electrons. The second-order valence-corrected chi connectivity index (χ2v) is 7.80. The predicted molar refractivity (Wildman–Crippen MR) is 105 cm³/mol. The van der Waals surface area contributed by atoms with Crippen LogP contribution < -0.4 is 5.32 Å². The van der Waals surface area contributed by atoms with E-state index in [-0.39, 0.29) is 5.91 Å². The summed E-state index contributed by atoms with van der Waals surface area (Å²) in [7, 11) is 0. The molecule has 0 aliphatic heterocycles. The van der Waals surface area contributed by atoms with Crippen LogP contribution >= 0.6 is 11.3 Å². The van der Waals surface area contributed by atoms with Gasteiger partial charge in [-0.2, -0.15) is 0 Å². The summed E-state index contributed by atoms with van der Waals surface area (Å²) in [5.41, 5.74) is 4.02. The quantitative estimate of drug-likeness (QED) is 0.654. The van der Waals surface area contributed by atoms with Crippen LogP contribution in [0.15, 0.2) is 30.3 Å². The molecule has 0 atom stereocenters. The van der Waals surface area contributed by atoms with E-state index in [0.29, 0.717) is 12.6 Å². The summed E-state index contributed by atoms with van der Waals surface area (Å²) in [5, 5.41) is 4.18. The van der Waals surface area contributed by atoms with Crippen molar-refractivity contribution in [2.24, 2.45) is 0 Å². The van der Waals surface area contributed by atoms with E-state index in [0.717, 1.165) is 40.3 Å². The topological polar surface area (TPSA) is 46.9 Å². The number of hydrogen-bond donors (Lipinski definition) is 1. The van der Waals surface area contributed by atoms with Crippen LogP contribution in [0.3, 0.4) is 0 Å². The first-order chi connectivity index (χ1) is 12.0. The third kappa shape index (κ3) is 3.76. The molecule has 0 fully saturated rings. The van der Waals surface area contributed by atoms with Crippen molar-refractivity contribution in [3.63, 3.8) is 0 Å². The van der Waals surface area contributed by atoms with Crippen molar-refractivity contribution in [2.75, 3.05) is 6.54 Å². The van der Waals surface area contributed by atoms with Gasteiger partial charge in [0, 0.05) is 30.4 Å². The van der Waals surface area contributed by atoms with Gasteiger partial charge in [-0.05, 0) is 52.3 Å². The first-order valence-corrected chi connectivity index (χ1v) is 9.60. The van der Waals surface area contributed by atoms with Crippen molar-refractivity contribution in [1.29, 1.82) is 0 Å². The highest BCUT2D eigenvalue weighted by Crippen LogP contribution is 2.22. The Morgan fingerprint density at radius 2 is 2.04 bits per heavy atom. The van der Waals surface area contributed by atoms with Crippen LogP contribution in [0, 0.1) is 13.8 Å². The Labute approximate surface area is 152 Å². The molecule has 0 unspecified atom stereocenters. The lowest BCUT2D eigenvalue weighted by Gasteiger charge is -2.13. The average molecular weight is 356 g/mol. The lowest BCUT2D eigenvalue weighted by Crippen LogP contribution is -2.25. The average Bonchev–Trinajstić information content (AvgIpc) is 3.11. The normalized spacial score (nSPS) is 11.4. The minimum atomic E-state index is 0.0179. The molecule has 2 heterocycles. The van der Waals surface area contributed by atoms with Crippen LogP contribution in [0.5, 0.6) is 0 Å². The van der Waals surface area contributed by atoms with Gasteiger partial charge in [0.1, 0.15) is 0 Å². The number of amides is 1. The fraction of sp³-hybridized carbons (Fsp3) is 0.400. The molecule has 1 amide bonds. The summed E-state index contributed by atoms with van der Waals surface area (Å²) >= 11 is 1.74. The van der Waals surface area contributed by atoms with Gasteiger partial charge in [-0.1, -0.05) is 12.1 Å². The summed E-state index contributed by atoms with van der Waals surface area (Å²) in [4.78, 5) is 17.1. The third-order valence-corrected chi connectivity index (χ3v) is 5.53. The maximum absolute atomic E-state index is 12.5. The van der Waals surface area contributed by atoms with Crippen LogP contribution in [0.2, 0.25) is 0 Å². The standard InChI is InChI=1S/C20H25N3OS/c1-13(2)23-14(3)12-16(15(23)4)20(24)21-11-7-10-19-22-17-8-5-6-9-18(17)25-19/h5-6,8-9,12-13H,7,10-11H2,1-4H3,(H,21,24). The van der Waals surface area contributed by atoms with Crippen molar-refractivity contribution >= 4 is 27.5 Å². The fourth-order valence-electron chi connectivity index (χ4n) is 3.37. The van der Waals surface area contributed by atoms with Crippen molar-refractivity contribution in [2.45, 2.75) is 46.6 Å². The Morgan fingerprint density at radius 1 is 1.28 bits per heavy atom. The molecule has 4 nitrogen and oxygen atoms in total. The number of nitrogens with zero attached hydrogens (tertiary/aromatic N) is 2. The van der Waals surface area contributed by atoms with Crippen molar-refractivity contribution < 1.29 is 4.79 Å². The number of carbonyl (C=O) groups is 1. The largest absolute Gasteiger partial charge is 0.352 e. The van der Waals surface area contributed by atoms with Gasteiger partial charge in [0.15, 0.2) is 0 Å². The highest BCUT2D eigenvalue weighted by molar-refractivity contribution is 7.18. The minimum Gasteiger partial charge on any atom is -0.352 e. The van der Waals surface area contributed by atoms with Gasteiger partial charge in [-0.15, -0.1) is 11.3 Å². The molecule has 0 bridgehead atoms.